The number of aromatic amines is 1. The largest absolute Gasteiger partial charge is 0.350 e. The number of likely N-dealkylation sites (tertiary alicyclic amines) is 1. The van der Waals surface area contributed by atoms with Crippen LogP contribution in [0.2, 0.25) is 20.1 Å². The summed E-state index contributed by atoms with van der Waals surface area (Å²) >= 11 is 26.6. The summed E-state index contributed by atoms with van der Waals surface area (Å²) in [5.74, 6) is 0.350. The number of carbonyl (C=O) groups excluding carboxylic acids is 1. The number of nitrogens with zero attached hydrogens (tertiary/aromatic N) is 1. The number of benzene rings is 2. The molecule has 164 valence electrons. The van der Waals surface area contributed by atoms with Gasteiger partial charge in [0.15, 0.2) is 0 Å². The average molecular weight is 517 g/mol. The zero-order valence-electron chi connectivity index (χ0n) is 16.8. The molecule has 1 saturated heterocycles. The quantitative estimate of drug-likeness (QED) is 0.383. The maximum absolute atomic E-state index is 12.8. The van der Waals surface area contributed by atoms with E-state index in [0.29, 0.717) is 43.8 Å². The Morgan fingerprint density at radius 2 is 1.84 bits per heavy atom. The fraction of sp³-hybridized carbons (Fsp3) is 0.318. The number of aromatic nitrogens is 1. The minimum Gasteiger partial charge on any atom is -0.350 e. The van der Waals surface area contributed by atoms with Gasteiger partial charge in [0.1, 0.15) is 5.69 Å². The zero-order chi connectivity index (χ0) is 22.1. The number of H-pyrrole nitrogens is 1. The normalized spacial score (nSPS) is 15.5. The van der Waals surface area contributed by atoms with Crippen LogP contribution in [0, 0.1) is 5.92 Å². The van der Waals surface area contributed by atoms with Gasteiger partial charge in [0, 0.05) is 26.7 Å². The van der Waals surface area contributed by atoms with Crippen molar-refractivity contribution in [1.29, 1.82) is 0 Å². The zero-order valence-corrected chi connectivity index (χ0v) is 20.6. The van der Waals surface area contributed by atoms with E-state index >= 15 is 0 Å². The Hall–Kier alpha value is -1.08. The maximum atomic E-state index is 12.8. The van der Waals surface area contributed by atoms with Crippen molar-refractivity contribution in [3.63, 3.8) is 0 Å². The van der Waals surface area contributed by atoms with Gasteiger partial charge in [0.2, 0.25) is 0 Å². The predicted molar refractivity (Wildman–Crippen MR) is 131 cm³/mol. The molecular formula is C22H21Cl4N3OS. The van der Waals surface area contributed by atoms with E-state index in [-0.39, 0.29) is 5.91 Å². The molecule has 1 aliphatic heterocycles. The van der Waals surface area contributed by atoms with Crippen LogP contribution in [0.3, 0.4) is 0 Å². The molecular weight excluding hydrogens is 496 g/mol. The first-order valence-electron chi connectivity index (χ1n) is 9.92. The molecule has 4 rings (SSSR count). The summed E-state index contributed by atoms with van der Waals surface area (Å²) in [5, 5.41) is 5.77. The molecule has 0 aliphatic carbocycles. The molecule has 0 radical (unpaired) electrons. The monoisotopic (exact) mass is 515 g/mol. The highest BCUT2D eigenvalue weighted by Crippen LogP contribution is 2.42. The third-order valence-electron chi connectivity index (χ3n) is 5.52. The molecule has 4 nitrogen and oxygen atoms in total. The smallest absolute Gasteiger partial charge is 0.267 e. The van der Waals surface area contributed by atoms with Crippen LogP contribution in [0.5, 0.6) is 0 Å². The summed E-state index contributed by atoms with van der Waals surface area (Å²) in [7, 11) is 2.13. The molecule has 31 heavy (non-hydrogen) atoms. The van der Waals surface area contributed by atoms with Crippen molar-refractivity contribution in [3.8, 4) is 0 Å². The van der Waals surface area contributed by atoms with E-state index in [1.807, 2.05) is 12.1 Å². The summed E-state index contributed by atoms with van der Waals surface area (Å²) < 4.78 is 0. The molecule has 0 atom stereocenters. The lowest BCUT2D eigenvalue weighted by Crippen LogP contribution is -2.36. The third kappa shape index (κ3) is 5.29. The molecule has 1 aliphatic rings. The summed E-state index contributed by atoms with van der Waals surface area (Å²) in [6.07, 6.45) is 2.18. The fourth-order valence-electron chi connectivity index (χ4n) is 3.68. The third-order valence-corrected chi connectivity index (χ3v) is 8.10. The number of carbonyl (C=O) groups is 1. The highest BCUT2D eigenvalue weighted by atomic mass is 35.5. The van der Waals surface area contributed by atoms with Crippen molar-refractivity contribution >= 4 is 75.0 Å². The summed E-state index contributed by atoms with van der Waals surface area (Å²) in [6.45, 7) is 2.79. The predicted octanol–water partition coefficient (Wildman–Crippen LogP) is 7.00. The Kier molecular flexibility index (Phi) is 7.31. The highest BCUT2D eigenvalue weighted by Gasteiger charge is 2.20. The summed E-state index contributed by atoms with van der Waals surface area (Å²) in [6, 6.07) is 8.93. The van der Waals surface area contributed by atoms with Crippen molar-refractivity contribution in [3.05, 3.63) is 56.1 Å². The second-order valence-electron chi connectivity index (χ2n) is 7.78. The maximum Gasteiger partial charge on any atom is 0.267 e. The van der Waals surface area contributed by atoms with Crippen molar-refractivity contribution in [2.75, 3.05) is 26.7 Å². The molecule has 2 N–H and O–H groups in total. The van der Waals surface area contributed by atoms with Gasteiger partial charge >= 0.3 is 0 Å². The average Bonchev–Trinajstić information content (AvgIpc) is 3.19. The lowest BCUT2D eigenvalue weighted by Gasteiger charge is -2.28. The van der Waals surface area contributed by atoms with E-state index in [0.717, 1.165) is 41.1 Å². The van der Waals surface area contributed by atoms with Gasteiger partial charge in [-0.3, -0.25) is 4.79 Å². The van der Waals surface area contributed by atoms with Crippen LogP contribution in [-0.2, 0) is 0 Å². The van der Waals surface area contributed by atoms with Crippen LogP contribution in [0.15, 0.2) is 40.1 Å². The van der Waals surface area contributed by atoms with Crippen LogP contribution in [-0.4, -0.2) is 42.5 Å². The number of rotatable bonds is 5. The molecule has 1 amide bonds. The number of halogens is 4. The Balaban J connectivity index is 1.58. The van der Waals surface area contributed by atoms with Gasteiger partial charge in [-0.15, -0.1) is 0 Å². The van der Waals surface area contributed by atoms with E-state index < -0.39 is 0 Å². The number of piperidine rings is 1. The lowest BCUT2D eigenvalue weighted by atomic mass is 9.97. The van der Waals surface area contributed by atoms with Crippen molar-refractivity contribution in [2.45, 2.75) is 22.6 Å². The lowest BCUT2D eigenvalue weighted by molar-refractivity contribution is 0.0935. The Bertz CT molecular complexity index is 1130. The van der Waals surface area contributed by atoms with Crippen molar-refractivity contribution in [2.24, 2.45) is 5.92 Å². The number of fused-ring (bicyclic) bond motifs is 1. The minimum atomic E-state index is -0.150. The van der Waals surface area contributed by atoms with E-state index in [1.54, 1.807) is 18.2 Å². The van der Waals surface area contributed by atoms with Crippen LogP contribution in [0.4, 0.5) is 0 Å². The summed E-state index contributed by atoms with van der Waals surface area (Å²) in [4.78, 5) is 19.9. The second kappa shape index (κ2) is 9.82. The Morgan fingerprint density at radius 3 is 2.55 bits per heavy atom. The number of hydrogen-bond donors (Lipinski definition) is 2. The Labute approximate surface area is 205 Å². The van der Waals surface area contributed by atoms with Crippen molar-refractivity contribution < 1.29 is 4.79 Å². The summed E-state index contributed by atoms with van der Waals surface area (Å²) in [5.41, 5.74) is 1.09. The van der Waals surface area contributed by atoms with E-state index in [9.17, 15) is 4.79 Å². The molecule has 0 bridgehead atoms. The van der Waals surface area contributed by atoms with E-state index in [2.05, 4.69) is 22.2 Å². The van der Waals surface area contributed by atoms with Gasteiger partial charge in [-0.05, 0) is 69.2 Å². The number of hydrogen-bond acceptors (Lipinski definition) is 3. The number of amides is 1. The topological polar surface area (TPSA) is 48.1 Å². The molecule has 0 spiro atoms. The van der Waals surface area contributed by atoms with Gasteiger partial charge in [-0.2, -0.15) is 0 Å². The second-order valence-corrected chi connectivity index (χ2v) is 10.5. The van der Waals surface area contributed by atoms with Crippen LogP contribution >= 0.6 is 58.2 Å². The van der Waals surface area contributed by atoms with Gasteiger partial charge in [0.05, 0.1) is 20.6 Å². The minimum absolute atomic E-state index is 0.150. The van der Waals surface area contributed by atoms with Crippen LogP contribution < -0.4 is 5.32 Å². The SMILES string of the molecule is CN1CCC(CNC(=O)c2cc3c(Sc4ccc(Cl)cc4Cl)cc(Cl)c(Cl)c3[nH]2)CC1. The van der Waals surface area contributed by atoms with Gasteiger partial charge in [0.25, 0.3) is 5.91 Å². The van der Waals surface area contributed by atoms with Crippen LogP contribution in [0.1, 0.15) is 23.3 Å². The van der Waals surface area contributed by atoms with Gasteiger partial charge in [-0.25, -0.2) is 0 Å². The van der Waals surface area contributed by atoms with Gasteiger partial charge < -0.3 is 15.2 Å². The molecule has 0 unspecified atom stereocenters. The fourth-order valence-corrected chi connectivity index (χ4v) is 5.65. The Morgan fingerprint density at radius 1 is 1.10 bits per heavy atom. The van der Waals surface area contributed by atoms with Gasteiger partial charge in [-0.1, -0.05) is 58.2 Å². The molecule has 1 aromatic heterocycles. The molecule has 9 heteroatoms. The first-order valence-corrected chi connectivity index (χ1v) is 12.2. The molecule has 2 heterocycles. The van der Waals surface area contributed by atoms with Crippen molar-refractivity contribution in [1.82, 2.24) is 15.2 Å². The molecule has 2 aromatic carbocycles. The molecule has 3 aromatic rings. The highest BCUT2D eigenvalue weighted by molar-refractivity contribution is 7.99. The molecule has 0 saturated carbocycles. The first kappa shape index (κ1) is 23.1. The first-order chi connectivity index (χ1) is 14.8. The molecule has 1 fully saturated rings. The van der Waals surface area contributed by atoms with Crippen LogP contribution in [0.25, 0.3) is 10.9 Å². The number of nitrogens with one attached hydrogen (secondary N) is 2. The van der Waals surface area contributed by atoms with E-state index in [1.165, 1.54) is 11.8 Å². The van der Waals surface area contributed by atoms with E-state index in [4.69, 9.17) is 46.4 Å². The standard InChI is InChI=1S/C22H21Cl4N3OS/c1-29-6-4-12(5-7-29)11-27-22(30)17-9-14-19(10-16(25)20(26)21(14)28-17)31-18-3-2-13(23)8-15(18)24/h2-3,8-10,12,28H,4-7,11H2,1H3,(H,27,30).